The van der Waals surface area contributed by atoms with Crippen LogP contribution in [0, 0.1) is 23.4 Å². The molecule has 11 heteroatoms. The summed E-state index contributed by atoms with van der Waals surface area (Å²) in [6.45, 7) is 0. The van der Waals surface area contributed by atoms with Crippen molar-refractivity contribution in [3.8, 4) is 0 Å². The summed E-state index contributed by atoms with van der Waals surface area (Å²) in [5, 5.41) is 2.25. The van der Waals surface area contributed by atoms with Crippen molar-refractivity contribution < 1.29 is 22.8 Å². The number of carbonyl (C=O) groups excluding carboxylic acids is 2. The Morgan fingerprint density at radius 1 is 0.886 bits per heavy atom. The standard InChI is InChI=1S/C24H13Cl5F3NO2/c25-13-4-6-17(22(27)19(13)18(34)8-10-1-3-12(30)9-16(10)32)33-23(35)21-20(24(21,28)29)11-2-5-15(31)14(26)7-11/h1-7,9,20-21H,8H2,(H,33,35). The number of rotatable bonds is 6. The van der Waals surface area contributed by atoms with E-state index in [0.29, 0.717) is 11.6 Å². The van der Waals surface area contributed by atoms with Gasteiger partial charge in [-0.05, 0) is 41.5 Å². The molecule has 0 spiro atoms. The number of anilines is 1. The van der Waals surface area contributed by atoms with Gasteiger partial charge in [0, 0.05) is 18.4 Å². The number of hydrogen-bond donors (Lipinski definition) is 1. The molecule has 1 amide bonds. The fraction of sp³-hybridized carbons (Fsp3) is 0.167. The quantitative estimate of drug-likeness (QED) is 0.237. The lowest BCUT2D eigenvalue weighted by Gasteiger charge is -2.13. The third-order valence-corrected chi connectivity index (χ3v) is 7.57. The highest BCUT2D eigenvalue weighted by atomic mass is 35.5. The van der Waals surface area contributed by atoms with Crippen molar-refractivity contribution in [3.63, 3.8) is 0 Å². The third kappa shape index (κ3) is 5.13. The van der Waals surface area contributed by atoms with Crippen molar-refractivity contribution in [2.75, 3.05) is 5.32 Å². The van der Waals surface area contributed by atoms with Crippen molar-refractivity contribution in [3.05, 3.63) is 97.7 Å². The normalized spacial score (nSPS) is 18.3. The average molecular weight is 582 g/mol. The molecule has 0 bridgehead atoms. The fourth-order valence-electron chi connectivity index (χ4n) is 3.82. The van der Waals surface area contributed by atoms with E-state index < -0.39 is 51.7 Å². The number of benzene rings is 3. The van der Waals surface area contributed by atoms with Gasteiger partial charge in [-0.15, -0.1) is 23.2 Å². The monoisotopic (exact) mass is 579 g/mol. The fourth-order valence-corrected chi connectivity index (χ4v) is 5.46. The molecule has 35 heavy (non-hydrogen) atoms. The highest BCUT2D eigenvalue weighted by Gasteiger charge is 2.67. The molecule has 4 rings (SSSR count). The molecule has 3 aromatic carbocycles. The first-order valence-corrected chi connectivity index (χ1v) is 11.9. The summed E-state index contributed by atoms with van der Waals surface area (Å²) in [6.07, 6.45) is -0.439. The van der Waals surface area contributed by atoms with Crippen molar-refractivity contribution in [2.24, 2.45) is 5.92 Å². The van der Waals surface area contributed by atoms with Crippen molar-refractivity contribution in [2.45, 2.75) is 16.7 Å². The number of ketones is 1. The third-order valence-electron chi connectivity index (χ3n) is 5.63. The second kappa shape index (κ2) is 9.83. The first-order valence-electron chi connectivity index (χ1n) is 10.0. The Bertz CT molecular complexity index is 1370. The molecular formula is C24H13Cl5F3NO2. The molecule has 1 aliphatic carbocycles. The molecule has 0 saturated heterocycles. The zero-order valence-corrected chi connectivity index (χ0v) is 21.1. The Labute approximate surface area is 223 Å². The van der Waals surface area contributed by atoms with Crippen LogP contribution < -0.4 is 5.32 Å². The average Bonchev–Trinajstić information content (AvgIpc) is 3.36. The van der Waals surface area contributed by atoms with Crippen LogP contribution in [0.3, 0.4) is 0 Å². The predicted molar refractivity (Wildman–Crippen MR) is 132 cm³/mol. The molecule has 2 unspecified atom stereocenters. The topological polar surface area (TPSA) is 46.2 Å². The zero-order chi connectivity index (χ0) is 25.7. The van der Waals surface area contributed by atoms with Gasteiger partial charge in [0.05, 0.1) is 32.2 Å². The van der Waals surface area contributed by atoms with Gasteiger partial charge in [0.1, 0.15) is 21.8 Å². The Morgan fingerprint density at radius 2 is 1.60 bits per heavy atom. The molecular weight excluding hydrogens is 569 g/mol. The van der Waals surface area contributed by atoms with Crippen molar-refractivity contribution in [1.29, 1.82) is 0 Å². The summed E-state index contributed by atoms with van der Waals surface area (Å²) in [5.41, 5.74) is 0.332. The number of alkyl halides is 2. The molecule has 1 N–H and O–H groups in total. The lowest BCUT2D eigenvalue weighted by molar-refractivity contribution is -0.117. The first kappa shape index (κ1) is 26.1. The van der Waals surface area contributed by atoms with Crippen LogP contribution >= 0.6 is 58.0 Å². The van der Waals surface area contributed by atoms with E-state index in [9.17, 15) is 22.8 Å². The van der Waals surface area contributed by atoms with Gasteiger partial charge in [0.15, 0.2) is 5.78 Å². The van der Waals surface area contributed by atoms with Gasteiger partial charge in [-0.3, -0.25) is 9.59 Å². The summed E-state index contributed by atoms with van der Waals surface area (Å²) < 4.78 is 39.2. The Hall–Kier alpha value is -1.96. The molecule has 0 radical (unpaired) electrons. The van der Waals surface area contributed by atoms with Gasteiger partial charge in [-0.1, -0.05) is 46.9 Å². The number of Topliss-reactive ketones (excluding diaryl/α,β-unsaturated/α-hetero) is 1. The van der Waals surface area contributed by atoms with Gasteiger partial charge in [0.2, 0.25) is 5.91 Å². The van der Waals surface area contributed by atoms with Crippen LogP contribution in [0.1, 0.15) is 27.4 Å². The predicted octanol–water partition coefficient (Wildman–Crippen LogP) is 8.02. The van der Waals surface area contributed by atoms with E-state index >= 15 is 0 Å². The van der Waals surface area contributed by atoms with E-state index in [0.717, 1.165) is 18.2 Å². The maximum absolute atomic E-state index is 14.0. The maximum atomic E-state index is 14.0. The van der Waals surface area contributed by atoms with Crippen LogP contribution in [-0.4, -0.2) is 16.0 Å². The molecule has 3 nitrogen and oxygen atoms in total. The summed E-state index contributed by atoms with van der Waals surface area (Å²) in [5.74, 6) is -5.14. The van der Waals surface area contributed by atoms with Gasteiger partial charge in [-0.25, -0.2) is 13.2 Å². The molecule has 1 fully saturated rings. The Kier molecular flexibility index (Phi) is 7.33. The van der Waals surface area contributed by atoms with Gasteiger partial charge < -0.3 is 5.32 Å². The van der Waals surface area contributed by atoms with E-state index in [1.807, 2.05) is 0 Å². The molecule has 182 valence electrons. The van der Waals surface area contributed by atoms with Crippen LogP contribution in [-0.2, 0) is 11.2 Å². The van der Waals surface area contributed by atoms with Gasteiger partial charge in [-0.2, -0.15) is 0 Å². The molecule has 0 heterocycles. The largest absolute Gasteiger partial charge is 0.324 e. The van der Waals surface area contributed by atoms with Crippen LogP contribution in [0.25, 0.3) is 0 Å². The molecule has 1 aliphatic rings. The molecule has 0 aliphatic heterocycles. The lowest BCUT2D eigenvalue weighted by Crippen LogP contribution is -2.18. The number of hydrogen-bond acceptors (Lipinski definition) is 2. The van der Waals surface area contributed by atoms with Crippen molar-refractivity contribution in [1.82, 2.24) is 0 Å². The summed E-state index contributed by atoms with van der Waals surface area (Å²) in [6, 6.07) is 9.47. The van der Waals surface area contributed by atoms with Crippen LogP contribution in [0.15, 0.2) is 48.5 Å². The van der Waals surface area contributed by atoms with Crippen LogP contribution in [0.4, 0.5) is 18.9 Å². The molecule has 2 atom stereocenters. The van der Waals surface area contributed by atoms with Crippen LogP contribution in [0.2, 0.25) is 15.1 Å². The van der Waals surface area contributed by atoms with Crippen molar-refractivity contribution >= 4 is 75.4 Å². The second-order valence-electron chi connectivity index (χ2n) is 7.91. The Balaban J connectivity index is 1.56. The maximum Gasteiger partial charge on any atom is 0.231 e. The van der Waals surface area contributed by atoms with Crippen LogP contribution in [0.5, 0.6) is 0 Å². The summed E-state index contributed by atoms with van der Waals surface area (Å²) >= 11 is 31.0. The number of halogens is 8. The smallest absolute Gasteiger partial charge is 0.231 e. The number of carbonyl (C=O) groups is 2. The SMILES string of the molecule is O=C(Cc1ccc(F)cc1F)c1c(Cl)ccc(NC(=O)C2C(c3ccc(F)c(Cl)c3)C2(Cl)Cl)c1Cl. The molecule has 0 aromatic heterocycles. The molecule has 3 aromatic rings. The van der Waals surface area contributed by atoms with E-state index in [1.165, 1.54) is 24.3 Å². The minimum Gasteiger partial charge on any atom is -0.324 e. The summed E-state index contributed by atoms with van der Waals surface area (Å²) in [4.78, 5) is 25.8. The lowest BCUT2D eigenvalue weighted by atomic mass is 10.0. The highest BCUT2D eigenvalue weighted by Crippen LogP contribution is 2.65. The minimum atomic E-state index is -1.48. The van der Waals surface area contributed by atoms with E-state index in [4.69, 9.17) is 58.0 Å². The minimum absolute atomic E-state index is 0.0187. The Morgan fingerprint density at radius 3 is 2.26 bits per heavy atom. The number of amides is 1. The molecule has 1 saturated carbocycles. The van der Waals surface area contributed by atoms with Gasteiger partial charge >= 0.3 is 0 Å². The van der Waals surface area contributed by atoms with E-state index in [2.05, 4.69) is 5.32 Å². The van der Waals surface area contributed by atoms with E-state index in [1.54, 1.807) is 0 Å². The summed E-state index contributed by atoms with van der Waals surface area (Å²) in [7, 11) is 0. The van der Waals surface area contributed by atoms with Gasteiger partial charge in [0.25, 0.3) is 0 Å². The zero-order valence-electron chi connectivity index (χ0n) is 17.3. The van der Waals surface area contributed by atoms with E-state index in [-0.39, 0.29) is 31.9 Å². The number of nitrogens with one attached hydrogen (secondary N) is 1. The first-order chi connectivity index (χ1) is 16.4. The second-order valence-corrected chi connectivity index (χ2v) is 10.5. The highest BCUT2D eigenvalue weighted by molar-refractivity contribution is 6.53.